The highest BCUT2D eigenvalue weighted by atomic mass is 32.5. The fraction of sp³-hybridized carbons (Fsp3) is 1.00. The van der Waals surface area contributed by atoms with Crippen LogP contribution in [0.5, 0.6) is 0 Å². The molecule has 0 spiro atoms. The largest absolute Gasteiger partial charge is 0.325 e. The molecule has 0 rings (SSSR count). The van der Waals surface area contributed by atoms with E-state index < -0.39 is 14.3 Å². The normalized spacial score (nSPS) is 16.3. The third kappa shape index (κ3) is 11.0. The van der Waals surface area contributed by atoms with Gasteiger partial charge in [0.15, 0.2) is 0 Å². The smallest absolute Gasteiger partial charge is 0.324 e. The Bertz CT molecular complexity index is 264. The van der Waals surface area contributed by atoms with Crippen LogP contribution in [-0.2, 0) is 25.4 Å². The summed E-state index contributed by atoms with van der Waals surface area (Å²) in [6, 6.07) is 0. The number of hydrogen-bond donors (Lipinski definition) is 3. The molecule has 0 aliphatic carbocycles. The van der Waals surface area contributed by atoms with E-state index in [4.69, 9.17) is 18.8 Å². The lowest BCUT2D eigenvalue weighted by molar-refractivity contribution is 0.196. The Labute approximate surface area is 94.0 Å². The molecule has 6 nitrogen and oxygen atoms in total. The zero-order chi connectivity index (χ0) is 11.9. The fourth-order valence-corrected chi connectivity index (χ4v) is 2.53. The molecule has 0 saturated carbocycles. The van der Waals surface area contributed by atoms with Crippen molar-refractivity contribution in [3.63, 3.8) is 0 Å². The SMILES string of the molecule is CCCOP(O)(=S)OCCCP(=O)(O)O. The fourth-order valence-electron chi connectivity index (χ4n) is 0.694. The first kappa shape index (κ1) is 15.7. The van der Waals surface area contributed by atoms with Crippen molar-refractivity contribution in [1.29, 1.82) is 0 Å². The lowest BCUT2D eigenvalue weighted by atomic mass is 10.5. The Hall–Kier alpha value is 0.680. The monoisotopic (exact) mass is 278 g/mol. The topological polar surface area (TPSA) is 96.2 Å². The van der Waals surface area contributed by atoms with Crippen molar-refractivity contribution in [3.05, 3.63) is 0 Å². The molecule has 9 heteroatoms. The second kappa shape index (κ2) is 7.09. The van der Waals surface area contributed by atoms with Crippen LogP contribution in [0.3, 0.4) is 0 Å². The van der Waals surface area contributed by atoms with Gasteiger partial charge in [0.2, 0.25) is 0 Å². The molecular weight excluding hydrogens is 262 g/mol. The summed E-state index contributed by atoms with van der Waals surface area (Å²) in [5, 5.41) is 0. The van der Waals surface area contributed by atoms with Gasteiger partial charge in [-0.3, -0.25) is 4.57 Å². The predicted octanol–water partition coefficient (Wildman–Crippen LogP) is 1.21. The van der Waals surface area contributed by atoms with Crippen molar-refractivity contribution in [1.82, 2.24) is 0 Å². The molecular formula is C6H16O6P2S. The quantitative estimate of drug-likeness (QED) is 0.453. The van der Waals surface area contributed by atoms with Crippen LogP contribution < -0.4 is 0 Å². The zero-order valence-electron chi connectivity index (χ0n) is 8.40. The Kier molecular flexibility index (Phi) is 7.41. The van der Waals surface area contributed by atoms with Crippen LogP contribution in [0.15, 0.2) is 0 Å². The van der Waals surface area contributed by atoms with Gasteiger partial charge in [-0.15, -0.1) is 0 Å². The maximum Gasteiger partial charge on any atom is 0.325 e. The minimum absolute atomic E-state index is 0.0113. The van der Waals surface area contributed by atoms with Crippen molar-refractivity contribution in [3.8, 4) is 0 Å². The molecule has 15 heavy (non-hydrogen) atoms. The first-order valence-corrected chi connectivity index (χ1v) is 8.82. The summed E-state index contributed by atoms with van der Waals surface area (Å²) in [6.07, 6.45) is 0.569. The Balaban J connectivity index is 3.66. The van der Waals surface area contributed by atoms with Crippen LogP contribution in [0.2, 0.25) is 0 Å². The molecule has 0 aromatic rings. The minimum atomic E-state index is -3.99. The molecule has 0 amide bonds. The van der Waals surface area contributed by atoms with Gasteiger partial charge in [-0.1, -0.05) is 6.92 Å². The van der Waals surface area contributed by atoms with Gasteiger partial charge in [-0.05, 0) is 24.6 Å². The molecule has 1 atom stereocenters. The van der Waals surface area contributed by atoms with E-state index in [-0.39, 0.29) is 19.2 Å². The first-order valence-electron chi connectivity index (χ1n) is 4.43. The zero-order valence-corrected chi connectivity index (χ0v) is 11.0. The van der Waals surface area contributed by atoms with Crippen LogP contribution in [0.1, 0.15) is 19.8 Å². The molecule has 0 aliphatic rings. The van der Waals surface area contributed by atoms with Crippen molar-refractivity contribution >= 4 is 26.1 Å². The maximum atomic E-state index is 10.5. The van der Waals surface area contributed by atoms with Crippen molar-refractivity contribution < 1.29 is 28.3 Å². The van der Waals surface area contributed by atoms with Crippen LogP contribution in [0.25, 0.3) is 0 Å². The van der Waals surface area contributed by atoms with Gasteiger partial charge in [-0.2, -0.15) is 0 Å². The van der Waals surface area contributed by atoms with Crippen molar-refractivity contribution in [2.24, 2.45) is 0 Å². The predicted molar refractivity (Wildman–Crippen MR) is 60.2 cm³/mol. The molecule has 0 aliphatic heterocycles. The second-order valence-electron chi connectivity index (χ2n) is 2.88. The van der Waals surface area contributed by atoms with Crippen LogP contribution in [0.4, 0.5) is 0 Å². The van der Waals surface area contributed by atoms with E-state index in [2.05, 4.69) is 11.8 Å². The van der Waals surface area contributed by atoms with Crippen molar-refractivity contribution in [2.75, 3.05) is 19.4 Å². The summed E-state index contributed by atoms with van der Waals surface area (Å²) in [4.78, 5) is 26.4. The molecule has 0 aromatic heterocycles. The summed E-state index contributed by atoms with van der Waals surface area (Å²) >= 11 is 4.64. The van der Waals surface area contributed by atoms with Gasteiger partial charge in [0.25, 0.3) is 0 Å². The standard InChI is InChI=1S/C6H16O6P2S/c1-2-4-11-14(10,15)12-5-3-6-13(7,8)9/h2-6H2,1H3,(H,10,15)(H2,7,8,9). The van der Waals surface area contributed by atoms with E-state index in [0.29, 0.717) is 13.0 Å². The van der Waals surface area contributed by atoms with Crippen LogP contribution >= 0.6 is 14.3 Å². The highest BCUT2D eigenvalue weighted by Gasteiger charge is 2.16. The van der Waals surface area contributed by atoms with Gasteiger partial charge in [0, 0.05) is 0 Å². The average Bonchev–Trinajstić information content (AvgIpc) is 2.08. The van der Waals surface area contributed by atoms with E-state index >= 15 is 0 Å². The molecule has 3 N–H and O–H groups in total. The average molecular weight is 278 g/mol. The molecule has 1 unspecified atom stereocenters. The lowest BCUT2D eigenvalue weighted by Crippen LogP contribution is -2.00. The van der Waals surface area contributed by atoms with Gasteiger partial charge in [0.05, 0.1) is 19.4 Å². The van der Waals surface area contributed by atoms with Gasteiger partial charge in [0.1, 0.15) is 0 Å². The minimum Gasteiger partial charge on any atom is -0.324 e. The number of rotatable bonds is 8. The van der Waals surface area contributed by atoms with E-state index in [1.54, 1.807) is 0 Å². The Morgan fingerprint density at radius 2 is 1.73 bits per heavy atom. The summed E-state index contributed by atoms with van der Waals surface area (Å²) in [7, 11) is -3.99. The van der Waals surface area contributed by atoms with E-state index in [1.165, 1.54) is 0 Å². The third-order valence-electron chi connectivity index (χ3n) is 1.31. The van der Waals surface area contributed by atoms with Crippen LogP contribution in [-0.4, -0.2) is 34.1 Å². The maximum absolute atomic E-state index is 10.5. The summed E-state index contributed by atoms with van der Waals surface area (Å²) < 4.78 is 20.2. The van der Waals surface area contributed by atoms with Gasteiger partial charge in [-0.25, -0.2) is 0 Å². The highest BCUT2D eigenvalue weighted by Crippen LogP contribution is 2.44. The molecule has 0 saturated heterocycles. The highest BCUT2D eigenvalue weighted by molar-refractivity contribution is 8.07. The molecule has 0 bridgehead atoms. The summed E-state index contributed by atoms with van der Waals surface area (Å²) in [5.41, 5.74) is 0. The van der Waals surface area contributed by atoms with E-state index in [1.807, 2.05) is 6.92 Å². The Morgan fingerprint density at radius 1 is 1.20 bits per heavy atom. The second-order valence-corrected chi connectivity index (χ2v) is 7.49. The van der Waals surface area contributed by atoms with Gasteiger partial charge >= 0.3 is 14.3 Å². The Morgan fingerprint density at radius 3 is 2.20 bits per heavy atom. The van der Waals surface area contributed by atoms with Crippen LogP contribution in [0, 0.1) is 0 Å². The summed E-state index contributed by atoms with van der Waals surface area (Å²) in [6.45, 7) is -1.05. The van der Waals surface area contributed by atoms with Gasteiger partial charge < -0.3 is 23.7 Å². The molecule has 92 valence electrons. The molecule has 0 heterocycles. The molecule has 0 fully saturated rings. The van der Waals surface area contributed by atoms with E-state index in [0.717, 1.165) is 0 Å². The third-order valence-corrected chi connectivity index (χ3v) is 3.86. The molecule has 0 aromatic carbocycles. The van der Waals surface area contributed by atoms with Crippen molar-refractivity contribution in [2.45, 2.75) is 19.8 Å². The lowest BCUT2D eigenvalue weighted by Gasteiger charge is -2.15. The molecule has 0 radical (unpaired) electrons. The first-order chi connectivity index (χ1) is 6.77. The van der Waals surface area contributed by atoms with E-state index in [9.17, 15) is 9.46 Å². The summed E-state index contributed by atoms with van der Waals surface area (Å²) in [5.74, 6) is 0. The number of hydrogen-bond acceptors (Lipinski definition) is 4.